The van der Waals surface area contributed by atoms with Crippen LogP contribution in [0.2, 0.25) is 0 Å². The molecule has 4 nitrogen and oxygen atoms in total. The maximum absolute atomic E-state index is 5.10. The number of hydrogen-bond donors (Lipinski definition) is 0. The van der Waals surface area contributed by atoms with E-state index < -0.39 is 0 Å². The van der Waals surface area contributed by atoms with Gasteiger partial charge < -0.3 is 4.81 Å². The van der Waals surface area contributed by atoms with Gasteiger partial charge in [-0.1, -0.05) is 182 Å². The number of aromatic nitrogens is 3. The Kier molecular flexibility index (Phi) is 7.88. The molecule has 0 bridgehead atoms. The van der Waals surface area contributed by atoms with E-state index in [2.05, 4.69) is 169 Å². The van der Waals surface area contributed by atoms with Crippen molar-refractivity contribution in [2.75, 3.05) is 4.81 Å². The van der Waals surface area contributed by atoms with Crippen molar-refractivity contribution in [3.63, 3.8) is 0 Å². The Balaban J connectivity index is 1.05. The lowest BCUT2D eigenvalue weighted by Crippen LogP contribution is -2.49. The Bertz CT molecular complexity index is 2710. The lowest BCUT2D eigenvalue weighted by Gasteiger charge is -2.37. The van der Waals surface area contributed by atoms with E-state index >= 15 is 0 Å². The number of rotatable bonds is 6. The molecule has 7 aromatic carbocycles. The van der Waals surface area contributed by atoms with Crippen LogP contribution in [0.5, 0.6) is 0 Å². The first-order valence-electron chi connectivity index (χ1n) is 18.3. The molecule has 1 aromatic heterocycles. The van der Waals surface area contributed by atoms with Crippen LogP contribution in [0.15, 0.2) is 200 Å². The van der Waals surface area contributed by atoms with Gasteiger partial charge in [0.15, 0.2) is 17.5 Å². The monoisotopic (exact) mass is 688 g/mol. The second-order valence-corrected chi connectivity index (χ2v) is 13.6. The zero-order valence-electron chi connectivity index (χ0n) is 29.4. The van der Waals surface area contributed by atoms with Gasteiger partial charge in [0.25, 0.3) is 0 Å². The van der Waals surface area contributed by atoms with E-state index in [9.17, 15) is 0 Å². The minimum absolute atomic E-state index is 0.0255. The third-order valence-corrected chi connectivity index (χ3v) is 10.4. The van der Waals surface area contributed by atoms with Crippen LogP contribution in [-0.2, 0) is 0 Å². The molecule has 0 saturated carbocycles. The predicted octanol–water partition coefficient (Wildman–Crippen LogP) is 11.0. The number of nitrogens with zero attached hydrogens (tertiary/aromatic N) is 4. The topological polar surface area (TPSA) is 41.9 Å². The molecule has 10 rings (SSSR count). The van der Waals surface area contributed by atoms with Crippen LogP contribution in [0.3, 0.4) is 0 Å². The van der Waals surface area contributed by atoms with Crippen molar-refractivity contribution in [1.82, 2.24) is 15.0 Å². The van der Waals surface area contributed by atoms with E-state index in [0.717, 1.165) is 28.0 Å². The number of benzene rings is 7. The van der Waals surface area contributed by atoms with Crippen molar-refractivity contribution in [3.05, 3.63) is 206 Å². The summed E-state index contributed by atoms with van der Waals surface area (Å²) in [4.78, 5) is 17.5. The molecule has 252 valence electrons. The van der Waals surface area contributed by atoms with Crippen LogP contribution in [0.4, 0.5) is 5.69 Å². The summed E-state index contributed by atoms with van der Waals surface area (Å²) >= 11 is 0. The zero-order valence-corrected chi connectivity index (χ0v) is 29.4. The molecule has 0 unspecified atom stereocenters. The quantitative estimate of drug-likeness (QED) is 0.163. The Morgan fingerprint density at radius 2 is 0.852 bits per heavy atom. The Labute approximate surface area is 315 Å². The SMILES string of the molecule is C1=CC(c2nc(-c3ccccc3)nc(-c3ccc(-c4ccccc4)cc3)n2)=CN2B1c1ccc(-c3ccccc3-c3ccccc3)cc1-c1ccccc12. The molecule has 0 N–H and O–H groups in total. The van der Waals surface area contributed by atoms with Crippen molar-refractivity contribution < 1.29 is 0 Å². The van der Waals surface area contributed by atoms with Gasteiger partial charge in [0.05, 0.1) is 0 Å². The molecule has 0 fully saturated rings. The first-order valence-corrected chi connectivity index (χ1v) is 18.3. The molecule has 5 heteroatoms. The molecule has 0 amide bonds. The summed E-state index contributed by atoms with van der Waals surface area (Å²) < 4.78 is 0. The highest BCUT2D eigenvalue weighted by Gasteiger charge is 2.34. The third kappa shape index (κ3) is 5.73. The van der Waals surface area contributed by atoms with Crippen molar-refractivity contribution in [1.29, 1.82) is 0 Å². The smallest absolute Gasteiger partial charge is 0.320 e. The summed E-state index contributed by atoms with van der Waals surface area (Å²) in [6, 6.07) is 64.0. The predicted molar refractivity (Wildman–Crippen MR) is 224 cm³/mol. The Morgan fingerprint density at radius 3 is 1.54 bits per heavy atom. The van der Waals surface area contributed by atoms with Gasteiger partial charge in [0.2, 0.25) is 0 Å². The average molecular weight is 689 g/mol. The molecular weight excluding hydrogens is 655 g/mol. The van der Waals surface area contributed by atoms with E-state index in [0.29, 0.717) is 17.5 Å². The van der Waals surface area contributed by atoms with Gasteiger partial charge in [-0.05, 0) is 56.5 Å². The summed E-state index contributed by atoms with van der Waals surface area (Å²) in [5, 5.41) is 0. The molecule has 2 aliphatic rings. The normalized spacial score (nSPS) is 12.8. The maximum atomic E-state index is 5.10. The molecule has 3 heterocycles. The van der Waals surface area contributed by atoms with E-state index in [1.54, 1.807) is 0 Å². The minimum Gasteiger partial charge on any atom is -0.382 e. The molecule has 0 aliphatic carbocycles. The molecule has 0 radical (unpaired) electrons. The van der Waals surface area contributed by atoms with Gasteiger partial charge >= 0.3 is 6.85 Å². The van der Waals surface area contributed by atoms with E-state index in [4.69, 9.17) is 15.0 Å². The van der Waals surface area contributed by atoms with E-state index in [1.807, 2.05) is 36.4 Å². The first kappa shape index (κ1) is 31.6. The minimum atomic E-state index is 0.0255. The summed E-state index contributed by atoms with van der Waals surface area (Å²) in [6.45, 7) is 0.0255. The fourth-order valence-electron chi connectivity index (χ4n) is 7.70. The molecule has 2 aliphatic heterocycles. The molecule has 0 saturated heterocycles. The van der Waals surface area contributed by atoms with Gasteiger partial charge in [-0.15, -0.1) is 0 Å². The van der Waals surface area contributed by atoms with Crippen LogP contribution in [0, 0.1) is 0 Å². The summed E-state index contributed by atoms with van der Waals surface area (Å²) in [7, 11) is 0. The van der Waals surface area contributed by atoms with E-state index in [-0.39, 0.29) is 6.85 Å². The first-order chi connectivity index (χ1) is 26.8. The largest absolute Gasteiger partial charge is 0.382 e. The Hall–Kier alpha value is -7.11. The molecule has 8 aromatic rings. The molecule has 0 spiro atoms. The highest BCUT2D eigenvalue weighted by atomic mass is 15.1. The van der Waals surface area contributed by atoms with Gasteiger partial charge in [0.1, 0.15) is 0 Å². The second-order valence-electron chi connectivity index (χ2n) is 13.6. The standard InChI is InChI=1S/C49H33BN4/c1-4-14-34(15-5-1)35-24-26-38(27-25-35)48-51-47(37-18-8-3-9-19-37)52-49(53-48)40-30-31-50-45-29-28-39(32-44(45)43-22-12-13-23-46(43)54(50)33-40)42-21-11-10-20-41(42)36-16-6-2-7-17-36/h1-33H. The van der Waals surface area contributed by atoms with Crippen LogP contribution >= 0.6 is 0 Å². The van der Waals surface area contributed by atoms with Crippen molar-refractivity contribution >= 4 is 23.6 Å². The molecule has 0 atom stereocenters. The van der Waals surface area contributed by atoms with Crippen LogP contribution in [0.25, 0.3) is 72.9 Å². The summed E-state index contributed by atoms with van der Waals surface area (Å²) in [5.74, 6) is 4.20. The molecule has 54 heavy (non-hydrogen) atoms. The number of allylic oxidation sites excluding steroid dienone is 2. The van der Waals surface area contributed by atoms with Crippen LogP contribution in [0.1, 0.15) is 5.82 Å². The molecular formula is C49H33BN4. The van der Waals surface area contributed by atoms with E-state index in [1.165, 1.54) is 44.4 Å². The van der Waals surface area contributed by atoms with Crippen molar-refractivity contribution in [2.24, 2.45) is 0 Å². The average Bonchev–Trinajstić information content (AvgIpc) is 3.27. The lowest BCUT2D eigenvalue weighted by molar-refractivity contribution is 1.04. The second kappa shape index (κ2) is 13.5. The van der Waals surface area contributed by atoms with Gasteiger partial charge in [-0.25, -0.2) is 15.0 Å². The lowest BCUT2D eigenvalue weighted by atomic mass is 9.49. The zero-order chi connectivity index (χ0) is 35.8. The van der Waals surface area contributed by atoms with Gasteiger partial charge in [-0.2, -0.15) is 0 Å². The summed E-state index contributed by atoms with van der Waals surface area (Å²) in [6.07, 6.45) is 4.38. The maximum Gasteiger partial charge on any atom is 0.320 e. The number of anilines is 1. The highest BCUT2D eigenvalue weighted by Crippen LogP contribution is 2.41. The van der Waals surface area contributed by atoms with Gasteiger partial charge in [-0.3, -0.25) is 0 Å². The number of hydrogen-bond acceptors (Lipinski definition) is 4. The number of para-hydroxylation sites is 1. The van der Waals surface area contributed by atoms with Crippen LogP contribution in [-0.4, -0.2) is 21.8 Å². The Morgan fingerprint density at radius 1 is 0.370 bits per heavy atom. The number of fused-ring (bicyclic) bond motifs is 6. The fourth-order valence-corrected chi connectivity index (χ4v) is 7.70. The fraction of sp³-hybridized carbons (Fsp3) is 0. The van der Waals surface area contributed by atoms with Gasteiger partial charge in [0, 0.05) is 34.2 Å². The van der Waals surface area contributed by atoms with Crippen molar-refractivity contribution in [2.45, 2.75) is 0 Å². The summed E-state index contributed by atoms with van der Waals surface area (Å²) in [5.41, 5.74) is 14.9. The highest BCUT2D eigenvalue weighted by molar-refractivity contribution is 6.84. The van der Waals surface area contributed by atoms with Crippen molar-refractivity contribution in [3.8, 4) is 67.3 Å². The third-order valence-electron chi connectivity index (χ3n) is 10.4. The van der Waals surface area contributed by atoms with Crippen LogP contribution < -0.4 is 10.3 Å².